The lowest BCUT2D eigenvalue weighted by molar-refractivity contribution is 0.0997. The first-order valence-electron chi connectivity index (χ1n) is 9.14. The number of thioether (sulfide) groups is 1. The van der Waals surface area contributed by atoms with Gasteiger partial charge in [-0.15, -0.1) is 0 Å². The third-order valence-electron chi connectivity index (χ3n) is 4.88. The average molecular weight is 369 g/mol. The molecular formula is C20H23N3O2S. The summed E-state index contributed by atoms with van der Waals surface area (Å²) < 4.78 is 7.58. The van der Waals surface area contributed by atoms with Crippen molar-refractivity contribution in [3.05, 3.63) is 47.9 Å². The average Bonchev–Trinajstić information content (AvgIpc) is 3.24. The second-order valence-electron chi connectivity index (χ2n) is 6.81. The molecule has 3 aromatic rings. The number of nitrogens with zero attached hydrogens (tertiary/aromatic N) is 2. The number of para-hydroxylation sites is 1. The normalized spacial score (nSPS) is 15.4. The van der Waals surface area contributed by atoms with Gasteiger partial charge in [-0.3, -0.25) is 9.48 Å². The molecule has 0 radical (unpaired) electrons. The van der Waals surface area contributed by atoms with Crippen molar-refractivity contribution in [2.75, 3.05) is 5.32 Å². The topological polar surface area (TPSA) is 60.1 Å². The molecule has 1 saturated carbocycles. The Morgan fingerprint density at radius 1 is 1.27 bits per heavy atom. The van der Waals surface area contributed by atoms with Crippen LogP contribution < -0.4 is 5.32 Å². The van der Waals surface area contributed by atoms with E-state index in [2.05, 4.69) is 10.4 Å². The van der Waals surface area contributed by atoms with Crippen molar-refractivity contribution in [3.8, 4) is 0 Å². The summed E-state index contributed by atoms with van der Waals surface area (Å²) in [5, 5.41) is 8.78. The molecular weight excluding hydrogens is 346 g/mol. The van der Waals surface area contributed by atoms with Crippen LogP contribution >= 0.6 is 11.8 Å². The minimum Gasteiger partial charge on any atom is -0.451 e. The Balaban J connectivity index is 1.59. The Morgan fingerprint density at radius 2 is 2.08 bits per heavy atom. The highest BCUT2D eigenvalue weighted by Crippen LogP contribution is 2.35. The molecule has 1 amide bonds. The number of anilines is 1. The maximum atomic E-state index is 12.8. The molecule has 136 valence electrons. The second-order valence-corrected chi connectivity index (χ2v) is 8.09. The summed E-state index contributed by atoms with van der Waals surface area (Å²) in [5.74, 6) is 1.50. The zero-order chi connectivity index (χ0) is 17.9. The lowest BCUT2D eigenvalue weighted by Crippen LogP contribution is -2.14. The maximum Gasteiger partial charge on any atom is 0.292 e. The number of nitrogens with one attached hydrogen (secondary N) is 1. The van der Waals surface area contributed by atoms with Crippen molar-refractivity contribution in [1.29, 1.82) is 0 Å². The molecule has 4 rings (SSSR count). The molecule has 0 bridgehead atoms. The van der Waals surface area contributed by atoms with Crippen LogP contribution in [0.5, 0.6) is 0 Å². The molecule has 5 nitrogen and oxygen atoms in total. The van der Waals surface area contributed by atoms with E-state index in [0.717, 1.165) is 22.3 Å². The Labute approximate surface area is 157 Å². The van der Waals surface area contributed by atoms with Crippen LogP contribution in [-0.4, -0.2) is 20.9 Å². The van der Waals surface area contributed by atoms with Gasteiger partial charge in [-0.05, 0) is 18.9 Å². The van der Waals surface area contributed by atoms with Crippen LogP contribution in [0.15, 0.2) is 40.9 Å². The van der Waals surface area contributed by atoms with Gasteiger partial charge in [0.05, 0.1) is 0 Å². The summed E-state index contributed by atoms with van der Waals surface area (Å²) >= 11 is 1.95. The van der Waals surface area contributed by atoms with E-state index >= 15 is 0 Å². The molecule has 0 spiro atoms. The first-order chi connectivity index (χ1) is 12.7. The fourth-order valence-electron chi connectivity index (χ4n) is 3.51. The van der Waals surface area contributed by atoms with E-state index in [9.17, 15) is 4.79 Å². The summed E-state index contributed by atoms with van der Waals surface area (Å²) in [7, 11) is 1.82. The molecule has 2 aromatic heterocycles. The van der Waals surface area contributed by atoms with Gasteiger partial charge < -0.3 is 9.73 Å². The van der Waals surface area contributed by atoms with E-state index in [1.807, 2.05) is 43.1 Å². The lowest BCUT2D eigenvalue weighted by atomic mass is 10.0. The van der Waals surface area contributed by atoms with E-state index in [1.165, 1.54) is 32.1 Å². The van der Waals surface area contributed by atoms with E-state index in [4.69, 9.17) is 4.42 Å². The molecule has 2 heterocycles. The Bertz CT molecular complexity index is 909. The maximum absolute atomic E-state index is 12.8. The van der Waals surface area contributed by atoms with Gasteiger partial charge >= 0.3 is 0 Å². The highest BCUT2D eigenvalue weighted by atomic mass is 32.2. The Morgan fingerprint density at radius 3 is 2.85 bits per heavy atom. The third-order valence-corrected chi connectivity index (χ3v) is 6.27. The van der Waals surface area contributed by atoms with Crippen LogP contribution in [0.3, 0.4) is 0 Å². The van der Waals surface area contributed by atoms with Gasteiger partial charge in [-0.2, -0.15) is 16.9 Å². The first kappa shape index (κ1) is 17.2. The number of benzene rings is 1. The molecule has 1 N–H and O–H groups in total. The molecule has 1 fully saturated rings. The second kappa shape index (κ2) is 7.58. The van der Waals surface area contributed by atoms with Crippen LogP contribution in [0.25, 0.3) is 11.0 Å². The lowest BCUT2D eigenvalue weighted by Gasteiger charge is -2.20. The van der Waals surface area contributed by atoms with Gasteiger partial charge in [0.25, 0.3) is 5.91 Å². The molecule has 0 atom stereocenters. The summed E-state index contributed by atoms with van der Waals surface area (Å²) in [5.41, 5.74) is 1.75. The number of hydrogen-bond acceptors (Lipinski definition) is 4. The van der Waals surface area contributed by atoms with Crippen LogP contribution in [0.4, 0.5) is 5.82 Å². The van der Waals surface area contributed by atoms with E-state index in [-0.39, 0.29) is 5.91 Å². The van der Waals surface area contributed by atoms with Crippen LogP contribution in [0, 0.1) is 0 Å². The predicted octanol–water partition coefficient (Wildman–Crippen LogP) is 4.98. The minimum atomic E-state index is -0.237. The van der Waals surface area contributed by atoms with Gasteiger partial charge in [0.15, 0.2) is 11.6 Å². The van der Waals surface area contributed by atoms with Crippen molar-refractivity contribution in [2.45, 2.75) is 43.1 Å². The first-order valence-corrected chi connectivity index (χ1v) is 10.2. The van der Waals surface area contributed by atoms with Crippen molar-refractivity contribution in [3.63, 3.8) is 0 Å². The number of aromatic nitrogens is 2. The molecule has 1 aliphatic carbocycles. The number of carbonyl (C=O) groups is 1. The number of amides is 1. The van der Waals surface area contributed by atoms with Crippen molar-refractivity contribution in [1.82, 2.24) is 9.78 Å². The van der Waals surface area contributed by atoms with Gasteiger partial charge in [0, 0.05) is 41.3 Å². The quantitative estimate of drug-likeness (QED) is 0.689. The SMILES string of the molecule is Cn1ccc(NC(=O)c2oc3ccccc3c2CSC2CCCCC2)n1. The number of carbonyl (C=O) groups excluding carboxylic acids is 1. The zero-order valence-electron chi connectivity index (χ0n) is 14.9. The number of rotatable bonds is 5. The van der Waals surface area contributed by atoms with Crippen LogP contribution in [-0.2, 0) is 12.8 Å². The molecule has 1 aliphatic rings. The van der Waals surface area contributed by atoms with E-state index < -0.39 is 0 Å². The van der Waals surface area contributed by atoms with Crippen LogP contribution in [0.1, 0.15) is 48.2 Å². The number of fused-ring (bicyclic) bond motifs is 1. The summed E-state index contributed by atoms with van der Waals surface area (Å²) in [6, 6.07) is 9.66. The summed E-state index contributed by atoms with van der Waals surface area (Å²) in [6.07, 6.45) is 8.33. The van der Waals surface area contributed by atoms with E-state index in [1.54, 1.807) is 16.9 Å². The largest absolute Gasteiger partial charge is 0.451 e. The van der Waals surface area contributed by atoms with Crippen molar-refractivity contribution in [2.24, 2.45) is 7.05 Å². The molecule has 6 heteroatoms. The Kier molecular flexibility index (Phi) is 5.02. The van der Waals surface area contributed by atoms with Gasteiger partial charge in [-0.1, -0.05) is 37.5 Å². The fraction of sp³-hybridized carbons (Fsp3) is 0.400. The molecule has 26 heavy (non-hydrogen) atoms. The third kappa shape index (κ3) is 3.65. The summed E-state index contributed by atoms with van der Waals surface area (Å²) in [6.45, 7) is 0. The monoisotopic (exact) mass is 369 g/mol. The van der Waals surface area contributed by atoms with Gasteiger partial charge in [0.2, 0.25) is 0 Å². The fourth-order valence-corrected chi connectivity index (χ4v) is 4.87. The predicted molar refractivity (Wildman–Crippen MR) is 106 cm³/mol. The number of hydrogen-bond donors (Lipinski definition) is 1. The Hall–Kier alpha value is -2.21. The van der Waals surface area contributed by atoms with Crippen molar-refractivity contribution >= 4 is 34.5 Å². The molecule has 1 aromatic carbocycles. The number of furan rings is 1. The van der Waals surface area contributed by atoms with E-state index in [0.29, 0.717) is 16.8 Å². The van der Waals surface area contributed by atoms with Crippen molar-refractivity contribution < 1.29 is 9.21 Å². The highest BCUT2D eigenvalue weighted by Gasteiger charge is 2.23. The van der Waals surface area contributed by atoms with Gasteiger partial charge in [0.1, 0.15) is 5.58 Å². The summed E-state index contributed by atoms with van der Waals surface area (Å²) in [4.78, 5) is 12.8. The molecule has 0 saturated heterocycles. The standard InChI is InChI=1S/C20H23N3O2S/c1-23-12-11-18(22-23)21-20(24)19-16(13-26-14-7-3-2-4-8-14)15-9-5-6-10-17(15)25-19/h5-6,9-12,14H,2-4,7-8,13H2,1H3,(H,21,22,24). The zero-order valence-corrected chi connectivity index (χ0v) is 15.7. The highest BCUT2D eigenvalue weighted by molar-refractivity contribution is 7.99. The number of aryl methyl sites for hydroxylation is 1. The van der Waals surface area contributed by atoms with Crippen LogP contribution in [0.2, 0.25) is 0 Å². The van der Waals surface area contributed by atoms with Gasteiger partial charge in [-0.25, -0.2) is 0 Å². The smallest absolute Gasteiger partial charge is 0.292 e. The molecule has 0 aliphatic heterocycles. The minimum absolute atomic E-state index is 0.237. The molecule has 0 unspecified atom stereocenters.